The predicted octanol–water partition coefficient (Wildman–Crippen LogP) is 2.03. The zero-order valence-corrected chi connectivity index (χ0v) is 10.8. The van der Waals surface area contributed by atoms with E-state index in [0.717, 1.165) is 0 Å². The van der Waals surface area contributed by atoms with E-state index < -0.39 is 0 Å². The number of para-hydroxylation sites is 1. The van der Waals surface area contributed by atoms with Crippen molar-refractivity contribution in [1.82, 2.24) is 4.90 Å². The third kappa shape index (κ3) is 4.65. The number of nitrogens with zero attached hydrogens (tertiary/aromatic N) is 1. The Morgan fingerprint density at radius 2 is 2.18 bits per heavy atom. The summed E-state index contributed by atoms with van der Waals surface area (Å²) < 4.78 is 18.4. The van der Waals surface area contributed by atoms with Gasteiger partial charge in [0.2, 0.25) is 5.91 Å². The number of amides is 1. The van der Waals surface area contributed by atoms with Crippen molar-refractivity contribution in [3.8, 4) is 5.75 Å². The lowest BCUT2D eigenvalue weighted by molar-refractivity contribution is -0.127. The highest BCUT2D eigenvalue weighted by Crippen LogP contribution is 2.14. The van der Waals surface area contributed by atoms with Gasteiger partial charge in [0, 0.05) is 7.05 Å². The van der Waals surface area contributed by atoms with Crippen molar-refractivity contribution in [1.29, 1.82) is 0 Å². The minimum absolute atomic E-state index is 0.0506. The van der Waals surface area contributed by atoms with Gasteiger partial charge in [0.15, 0.2) is 11.6 Å². The number of hydrogen-bond donors (Lipinski definition) is 0. The lowest BCUT2D eigenvalue weighted by atomic mass is 10.3. The normalized spacial score (nSPS) is 10.1. The lowest BCUT2D eigenvalue weighted by Gasteiger charge is -2.17. The fourth-order valence-electron chi connectivity index (χ4n) is 1.21. The fraction of sp³-hybridized carbons (Fsp3) is 0.417. The smallest absolute Gasteiger partial charge is 0.232 e. The largest absolute Gasteiger partial charge is 0.489 e. The standard InChI is InChI=1S/C12H16FNO2S/c1-14(12(15)9-17-2)7-8-16-11-6-4-3-5-10(11)13/h3-6H,7-9H2,1-2H3. The summed E-state index contributed by atoms with van der Waals surface area (Å²) in [6.07, 6.45) is 1.88. The monoisotopic (exact) mass is 257 g/mol. The molecule has 1 aromatic carbocycles. The summed E-state index contributed by atoms with van der Waals surface area (Å²) in [5.74, 6) is 0.342. The Morgan fingerprint density at radius 1 is 1.47 bits per heavy atom. The molecule has 0 N–H and O–H groups in total. The average molecular weight is 257 g/mol. The van der Waals surface area contributed by atoms with Crippen LogP contribution in [0.15, 0.2) is 24.3 Å². The highest BCUT2D eigenvalue weighted by molar-refractivity contribution is 7.99. The van der Waals surface area contributed by atoms with Crippen LogP contribution in [-0.2, 0) is 4.79 Å². The van der Waals surface area contributed by atoms with Crippen LogP contribution in [0, 0.1) is 5.82 Å². The van der Waals surface area contributed by atoms with Crippen molar-refractivity contribution in [2.24, 2.45) is 0 Å². The van der Waals surface area contributed by atoms with Crippen molar-refractivity contribution < 1.29 is 13.9 Å². The van der Waals surface area contributed by atoms with Gasteiger partial charge >= 0.3 is 0 Å². The lowest BCUT2D eigenvalue weighted by Crippen LogP contribution is -2.32. The van der Waals surface area contributed by atoms with Crippen molar-refractivity contribution in [3.05, 3.63) is 30.1 Å². The number of halogens is 1. The number of ether oxygens (including phenoxy) is 1. The molecule has 0 radical (unpaired) electrons. The van der Waals surface area contributed by atoms with Crippen LogP contribution < -0.4 is 4.74 Å². The Hall–Kier alpha value is -1.23. The van der Waals surface area contributed by atoms with E-state index in [0.29, 0.717) is 12.3 Å². The number of thioether (sulfide) groups is 1. The van der Waals surface area contributed by atoms with Gasteiger partial charge in [-0.25, -0.2) is 4.39 Å². The summed E-state index contributed by atoms with van der Waals surface area (Å²) in [5, 5.41) is 0. The van der Waals surface area contributed by atoms with Gasteiger partial charge < -0.3 is 9.64 Å². The Morgan fingerprint density at radius 3 is 2.82 bits per heavy atom. The van der Waals surface area contributed by atoms with Crippen LogP contribution in [0.25, 0.3) is 0 Å². The van der Waals surface area contributed by atoms with Gasteiger partial charge in [-0.3, -0.25) is 4.79 Å². The molecule has 0 saturated carbocycles. The summed E-state index contributed by atoms with van der Waals surface area (Å²) in [5.41, 5.74) is 0. The van der Waals surface area contributed by atoms with E-state index in [1.807, 2.05) is 6.26 Å². The molecular weight excluding hydrogens is 241 g/mol. The van der Waals surface area contributed by atoms with E-state index in [1.54, 1.807) is 30.1 Å². The Kier molecular flexibility index (Phi) is 5.83. The highest BCUT2D eigenvalue weighted by atomic mass is 32.2. The fourth-order valence-corrected chi connectivity index (χ4v) is 1.68. The Balaban J connectivity index is 2.33. The molecule has 5 heteroatoms. The molecule has 17 heavy (non-hydrogen) atoms. The van der Waals surface area contributed by atoms with E-state index in [2.05, 4.69) is 0 Å². The van der Waals surface area contributed by atoms with Crippen LogP contribution in [0.3, 0.4) is 0 Å². The second kappa shape index (κ2) is 7.17. The van der Waals surface area contributed by atoms with Crippen LogP contribution in [0.2, 0.25) is 0 Å². The maximum Gasteiger partial charge on any atom is 0.232 e. The van der Waals surface area contributed by atoms with Gasteiger partial charge in [0.05, 0.1) is 12.3 Å². The Labute approximate surface area is 105 Å². The quantitative estimate of drug-likeness (QED) is 0.781. The molecule has 94 valence electrons. The number of likely N-dealkylation sites (N-methyl/N-ethyl adjacent to an activating group) is 1. The highest BCUT2D eigenvalue weighted by Gasteiger charge is 2.08. The van der Waals surface area contributed by atoms with Crippen molar-refractivity contribution in [2.45, 2.75) is 0 Å². The molecule has 0 atom stereocenters. The maximum absolute atomic E-state index is 13.2. The molecule has 0 unspecified atom stereocenters. The molecule has 0 aliphatic rings. The first-order valence-electron chi connectivity index (χ1n) is 5.25. The maximum atomic E-state index is 13.2. The van der Waals surface area contributed by atoms with Gasteiger partial charge in [-0.1, -0.05) is 12.1 Å². The van der Waals surface area contributed by atoms with Crippen LogP contribution in [-0.4, -0.2) is 43.0 Å². The SMILES string of the molecule is CSCC(=O)N(C)CCOc1ccccc1F. The van der Waals surface area contributed by atoms with E-state index in [4.69, 9.17) is 4.74 Å². The van der Waals surface area contributed by atoms with Crippen molar-refractivity contribution in [2.75, 3.05) is 32.2 Å². The molecule has 1 amide bonds. The molecule has 1 rings (SSSR count). The first kappa shape index (κ1) is 13.8. The Bertz CT molecular complexity index is 373. The first-order valence-corrected chi connectivity index (χ1v) is 6.64. The second-order valence-electron chi connectivity index (χ2n) is 3.53. The van der Waals surface area contributed by atoms with E-state index in [-0.39, 0.29) is 24.1 Å². The second-order valence-corrected chi connectivity index (χ2v) is 4.39. The van der Waals surface area contributed by atoms with Crippen molar-refractivity contribution >= 4 is 17.7 Å². The van der Waals surface area contributed by atoms with E-state index >= 15 is 0 Å². The van der Waals surface area contributed by atoms with Crippen LogP contribution in [0.1, 0.15) is 0 Å². The molecule has 1 aromatic rings. The minimum Gasteiger partial charge on any atom is -0.489 e. The van der Waals surface area contributed by atoms with Crippen LogP contribution in [0.4, 0.5) is 4.39 Å². The molecule has 0 aliphatic carbocycles. The minimum atomic E-state index is -0.384. The van der Waals surface area contributed by atoms with Gasteiger partial charge in [-0.15, -0.1) is 0 Å². The molecule has 0 saturated heterocycles. The number of hydrogen-bond acceptors (Lipinski definition) is 3. The number of rotatable bonds is 6. The summed E-state index contributed by atoms with van der Waals surface area (Å²) >= 11 is 1.48. The van der Waals surface area contributed by atoms with Gasteiger partial charge in [0.1, 0.15) is 6.61 Å². The zero-order chi connectivity index (χ0) is 12.7. The molecule has 3 nitrogen and oxygen atoms in total. The van der Waals surface area contributed by atoms with Crippen LogP contribution in [0.5, 0.6) is 5.75 Å². The first-order chi connectivity index (χ1) is 8.15. The number of carbonyl (C=O) groups is 1. The number of benzene rings is 1. The zero-order valence-electron chi connectivity index (χ0n) is 9.98. The molecular formula is C12H16FNO2S. The van der Waals surface area contributed by atoms with Crippen LogP contribution >= 0.6 is 11.8 Å². The summed E-state index contributed by atoms with van der Waals surface area (Å²) in [4.78, 5) is 13.0. The molecule has 0 aliphatic heterocycles. The van der Waals surface area contributed by atoms with E-state index in [1.165, 1.54) is 17.8 Å². The van der Waals surface area contributed by atoms with Gasteiger partial charge in [-0.05, 0) is 18.4 Å². The van der Waals surface area contributed by atoms with Gasteiger partial charge in [0.25, 0.3) is 0 Å². The molecule has 0 heterocycles. The van der Waals surface area contributed by atoms with Gasteiger partial charge in [-0.2, -0.15) is 11.8 Å². The predicted molar refractivity (Wildman–Crippen MR) is 67.9 cm³/mol. The number of carbonyl (C=O) groups excluding carboxylic acids is 1. The third-order valence-corrected chi connectivity index (χ3v) is 2.75. The van der Waals surface area contributed by atoms with E-state index in [9.17, 15) is 9.18 Å². The molecule has 0 fully saturated rings. The summed E-state index contributed by atoms with van der Waals surface area (Å²) in [6.45, 7) is 0.741. The summed E-state index contributed by atoms with van der Waals surface area (Å²) in [7, 11) is 1.71. The average Bonchev–Trinajstić information content (AvgIpc) is 2.31. The molecule has 0 aromatic heterocycles. The third-order valence-electron chi connectivity index (χ3n) is 2.21. The molecule has 0 bridgehead atoms. The molecule has 0 spiro atoms. The van der Waals surface area contributed by atoms with Crippen molar-refractivity contribution in [3.63, 3.8) is 0 Å². The topological polar surface area (TPSA) is 29.5 Å². The summed E-state index contributed by atoms with van der Waals surface area (Å²) in [6, 6.07) is 6.23.